The Kier molecular flexibility index (Phi) is 3.85. The number of hydrogen-bond acceptors (Lipinski definition) is 2. The molecular weight excluding hydrogens is 202 g/mol. The van der Waals surface area contributed by atoms with Crippen LogP contribution < -0.4 is 0 Å². The molecule has 0 aliphatic heterocycles. The molecule has 1 N–H and O–H groups in total. The van der Waals surface area contributed by atoms with Gasteiger partial charge in [-0.1, -0.05) is 19.8 Å². The summed E-state index contributed by atoms with van der Waals surface area (Å²) in [6.07, 6.45) is 7.99. The molecule has 0 saturated heterocycles. The van der Waals surface area contributed by atoms with Crippen LogP contribution in [0.15, 0.2) is 0 Å². The fourth-order valence-corrected chi connectivity index (χ4v) is 2.36. The number of rotatable bonds is 8. The minimum atomic E-state index is -0.610. The van der Waals surface area contributed by atoms with Crippen molar-refractivity contribution >= 4 is 5.97 Å². The van der Waals surface area contributed by atoms with Gasteiger partial charge in [-0.05, 0) is 38.0 Å². The summed E-state index contributed by atoms with van der Waals surface area (Å²) in [6.45, 7) is 3.16. The zero-order valence-electron chi connectivity index (χ0n) is 10.2. The van der Waals surface area contributed by atoms with E-state index in [1.54, 1.807) is 0 Å². The van der Waals surface area contributed by atoms with Gasteiger partial charge in [-0.2, -0.15) is 0 Å². The topological polar surface area (TPSA) is 40.5 Å². The fraction of sp³-hybridized carbons (Fsp3) is 0.923. The van der Waals surface area contributed by atoms with Crippen molar-refractivity contribution in [3.63, 3.8) is 0 Å². The Labute approximate surface area is 97.8 Å². The molecule has 2 fully saturated rings. The molecule has 0 aromatic carbocycles. The SMILES string of the molecule is CCCCC(C(=O)O)N(CC1CC1)C1CC1. The van der Waals surface area contributed by atoms with Crippen LogP contribution in [0.1, 0.15) is 51.9 Å². The highest BCUT2D eigenvalue weighted by atomic mass is 16.4. The lowest BCUT2D eigenvalue weighted by molar-refractivity contribution is -0.144. The van der Waals surface area contributed by atoms with Gasteiger partial charge >= 0.3 is 5.97 Å². The summed E-state index contributed by atoms with van der Waals surface area (Å²) in [4.78, 5) is 13.6. The number of nitrogens with zero attached hydrogens (tertiary/aromatic N) is 1. The highest BCUT2D eigenvalue weighted by Gasteiger charge is 2.39. The zero-order chi connectivity index (χ0) is 11.5. The molecule has 92 valence electrons. The third-order valence-corrected chi connectivity index (χ3v) is 3.70. The van der Waals surface area contributed by atoms with Gasteiger partial charge in [0.25, 0.3) is 0 Å². The van der Waals surface area contributed by atoms with Crippen LogP contribution in [0.25, 0.3) is 0 Å². The van der Waals surface area contributed by atoms with Gasteiger partial charge in [0.15, 0.2) is 0 Å². The third kappa shape index (κ3) is 3.21. The van der Waals surface area contributed by atoms with E-state index in [1.165, 1.54) is 25.7 Å². The molecule has 3 nitrogen and oxygen atoms in total. The van der Waals surface area contributed by atoms with Gasteiger partial charge in [0, 0.05) is 12.6 Å². The Hall–Kier alpha value is -0.570. The van der Waals surface area contributed by atoms with E-state index in [-0.39, 0.29) is 6.04 Å². The summed E-state index contributed by atoms with van der Waals surface area (Å²) in [6, 6.07) is 0.367. The van der Waals surface area contributed by atoms with Gasteiger partial charge < -0.3 is 5.11 Å². The summed E-state index contributed by atoms with van der Waals surface area (Å²) in [5, 5.41) is 9.34. The number of carboxylic acids is 1. The molecule has 2 aliphatic carbocycles. The second-order valence-corrected chi connectivity index (χ2v) is 5.37. The second-order valence-electron chi connectivity index (χ2n) is 5.37. The minimum Gasteiger partial charge on any atom is -0.480 e. The Morgan fingerprint density at radius 2 is 2.06 bits per heavy atom. The van der Waals surface area contributed by atoms with E-state index in [9.17, 15) is 9.90 Å². The summed E-state index contributed by atoms with van der Waals surface area (Å²) < 4.78 is 0. The minimum absolute atomic E-state index is 0.215. The largest absolute Gasteiger partial charge is 0.480 e. The van der Waals surface area contributed by atoms with Gasteiger partial charge in [0.1, 0.15) is 6.04 Å². The first kappa shape index (κ1) is 11.9. The van der Waals surface area contributed by atoms with Gasteiger partial charge in [0.05, 0.1) is 0 Å². The number of carbonyl (C=O) groups is 1. The first-order valence-corrected chi connectivity index (χ1v) is 6.71. The molecule has 0 aromatic rings. The number of aliphatic carboxylic acids is 1. The number of hydrogen-bond donors (Lipinski definition) is 1. The lowest BCUT2D eigenvalue weighted by Gasteiger charge is -2.28. The average Bonchev–Trinajstić information content (AvgIpc) is 3.10. The van der Waals surface area contributed by atoms with Crippen LogP contribution in [-0.2, 0) is 4.79 Å². The van der Waals surface area contributed by atoms with Crippen LogP contribution in [0, 0.1) is 5.92 Å². The van der Waals surface area contributed by atoms with Gasteiger partial charge in [-0.15, -0.1) is 0 Å². The number of unbranched alkanes of at least 4 members (excludes halogenated alkanes) is 1. The monoisotopic (exact) mass is 225 g/mol. The highest BCUT2D eigenvalue weighted by Crippen LogP contribution is 2.36. The smallest absolute Gasteiger partial charge is 0.320 e. The molecule has 0 radical (unpaired) electrons. The zero-order valence-corrected chi connectivity index (χ0v) is 10.2. The van der Waals surface area contributed by atoms with Crippen LogP contribution in [0.4, 0.5) is 0 Å². The Morgan fingerprint density at radius 3 is 2.50 bits per heavy atom. The van der Waals surface area contributed by atoms with Crippen molar-refractivity contribution in [3.8, 4) is 0 Å². The van der Waals surface area contributed by atoms with Crippen molar-refractivity contribution in [3.05, 3.63) is 0 Å². The molecule has 2 saturated carbocycles. The highest BCUT2D eigenvalue weighted by molar-refractivity contribution is 5.73. The predicted molar refractivity (Wildman–Crippen MR) is 63.4 cm³/mol. The number of carboxylic acid groups (broad SMARTS) is 1. The fourth-order valence-electron chi connectivity index (χ4n) is 2.36. The maximum absolute atomic E-state index is 11.3. The molecule has 1 atom stereocenters. The summed E-state index contributed by atoms with van der Waals surface area (Å²) in [5.74, 6) is 0.185. The van der Waals surface area contributed by atoms with Crippen LogP contribution in [0.5, 0.6) is 0 Å². The predicted octanol–water partition coefficient (Wildman–Crippen LogP) is 2.50. The Morgan fingerprint density at radius 1 is 1.38 bits per heavy atom. The normalized spacial score (nSPS) is 22.4. The van der Waals surface area contributed by atoms with Crippen LogP contribution in [-0.4, -0.2) is 34.6 Å². The molecule has 0 amide bonds. The Bertz CT molecular complexity index is 246. The van der Waals surface area contributed by atoms with E-state index in [4.69, 9.17) is 0 Å². The molecule has 16 heavy (non-hydrogen) atoms. The van der Waals surface area contributed by atoms with E-state index >= 15 is 0 Å². The molecule has 1 unspecified atom stereocenters. The standard InChI is InChI=1S/C13H23NO2/c1-2-3-4-12(13(15)16)14(11-7-8-11)9-10-5-6-10/h10-12H,2-9H2,1H3,(H,15,16). The average molecular weight is 225 g/mol. The van der Waals surface area contributed by atoms with Crippen molar-refractivity contribution in [1.29, 1.82) is 0 Å². The summed E-state index contributed by atoms with van der Waals surface area (Å²) >= 11 is 0. The van der Waals surface area contributed by atoms with Crippen molar-refractivity contribution in [1.82, 2.24) is 4.90 Å². The van der Waals surface area contributed by atoms with E-state index in [2.05, 4.69) is 11.8 Å². The molecule has 2 aliphatic rings. The Balaban J connectivity index is 1.92. The van der Waals surface area contributed by atoms with Crippen LogP contribution >= 0.6 is 0 Å². The van der Waals surface area contributed by atoms with Crippen LogP contribution in [0.2, 0.25) is 0 Å². The van der Waals surface area contributed by atoms with Crippen molar-refractivity contribution < 1.29 is 9.90 Å². The molecule has 0 spiro atoms. The van der Waals surface area contributed by atoms with Gasteiger partial charge in [-0.25, -0.2) is 0 Å². The molecule has 3 heteroatoms. The van der Waals surface area contributed by atoms with Gasteiger partial charge in [-0.3, -0.25) is 9.69 Å². The maximum atomic E-state index is 11.3. The van der Waals surface area contributed by atoms with E-state index in [1.807, 2.05) is 0 Å². The molecule has 0 aromatic heterocycles. The third-order valence-electron chi connectivity index (χ3n) is 3.70. The lowest BCUT2D eigenvalue weighted by Crippen LogP contribution is -2.43. The first-order chi connectivity index (χ1) is 7.72. The van der Waals surface area contributed by atoms with Crippen molar-refractivity contribution in [2.75, 3.05) is 6.54 Å². The molecule has 0 bridgehead atoms. The van der Waals surface area contributed by atoms with E-state index in [0.29, 0.717) is 6.04 Å². The lowest BCUT2D eigenvalue weighted by atomic mass is 10.1. The molecule has 2 rings (SSSR count). The summed E-state index contributed by atoms with van der Waals surface area (Å²) in [7, 11) is 0. The van der Waals surface area contributed by atoms with Crippen LogP contribution in [0.3, 0.4) is 0 Å². The second kappa shape index (κ2) is 5.17. The maximum Gasteiger partial charge on any atom is 0.320 e. The van der Waals surface area contributed by atoms with Crippen molar-refractivity contribution in [2.24, 2.45) is 5.92 Å². The summed E-state index contributed by atoms with van der Waals surface area (Å²) in [5.41, 5.74) is 0. The first-order valence-electron chi connectivity index (χ1n) is 6.71. The van der Waals surface area contributed by atoms with Crippen molar-refractivity contribution in [2.45, 2.75) is 64.0 Å². The molecule has 0 heterocycles. The molecular formula is C13H23NO2. The quantitative estimate of drug-likeness (QED) is 0.690. The van der Waals surface area contributed by atoms with Gasteiger partial charge in [0.2, 0.25) is 0 Å². The van der Waals surface area contributed by atoms with E-state index < -0.39 is 5.97 Å². The van der Waals surface area contributed by atoms with E-state index in [0.717, 1.165) is 31.7 Å².